The number of carboxylic acid groups (broad SMARTS) is 1. The summed E-state index contributed by atoms with van der Waals surface area (Å²) in [6.07, 6.45) is 1.37. The zero-order valence-corrected chi connectivity index (χ0v) is 11.2. The summed E-state index contributed by atoms with van der Waals surface area (Å²) in [5, 5.41) is 11.7. The first-order chi connectivity index (χ1) is 9.50. The highest BCUT2D eigenvalue weighted by molar-refractivity contribution is 6.08. The van der Waals surface area contributed by atoms with Crippen LogP contribution in [0.5, 0.6) is 0 Å². The molecule has 5 nitrogen and oxygen atoms in total. The standard InChI is InChI=1S/C15H14N2O3/c1-9-5-3-6-10(2)12(9)14(18)17-11-7-4-8-16-13(11)15(19)20/h3-8H,1-2H3,(H,17,18)(H,19,20). The number of carbonyl (C=O) groups excluding carboxylic acids is 1. The number of anilines is 1. The highest BCUT2D eigenvalue weighted by atomic mass is 16.4. The van der Waals surface area contributed by atoms with Gasteiger partial charge in [0.1, 0.15) is 0 Å². The number of amides is 1. The van der Waals surface area contributed by atoms with Crippen molar-refractivity contribution in [2.75, 3.05) is 5.32 Å². The fourth-order valence-corrected chi connectivity index (χ4v) is 2.03. The fourth-order valence-electron chi connectivity index (χ4n) is 2.03. The number of rotatable bonds is 3. The molecule has 0 bridgehead atoms. The molecule has 0 saturated carbocycles. The van der Waals surface area contributed by atoms with Crippen LogP contribution in [0.4, 0.5) is 5.69 Å². The van der Waals surface area contributed by atoms with Crippen LogP contribution in [0.2, 0.25) is 0 Å². The Morgan fingerprint density at radius 1 is 1.10 bits per heavy atom. The Morgan fingerprint density at radius 3 is 2.35 bits per heavy atom. The molecule has 2 N–H and O–H groups in total. The first kappa shape index (κ1) is 13.7. The maximum Gasteiger partial charge on any atom is 0.356 e. The Bertz CT molecular complexity index is 660. The van der Waals surface area contributed by atoms with E-state index in [2.05, 4.69) is 10.3 Å². The van der Waals surface area contributed by atoms with Gasteiger partial charge in [-0.3, -0.25) is 4.79 Å². The number of hydrogen-bond donors (Lipinski definition) is 2. The minimum atomic E-state index is -1.18. The van der Waals surface area contributed by atoms with E-state index in [4.69, 9.17) is 5.11 Å². The van der Waals surface area contributed by atoms with Gasteiger partial charge in [-0.15, -0.1) is 0 Å². The zero-order chi connectivity index (χ0) is 14.7. The molecule has 2 rings (SSSR count). The molecule has 2 aromatic rings. The van der Waals surface area contributed by atoms with Gasteiger partial charge in [-0.05, 0) is 37.1 Å². The maximum absolute atomic E-state index is 12.3. The van der Waals surface area contributed by atoms with E-state index < -0.39 is 5.97 Å². The first-order valence-electron chi connectivity index (χ1n) is 6.06. The van der Waals surface area contributed by atoms with E-state index in [-0.39, 0.29) is 17.3 Å². The molecule has 0 aliphatic rings. The van der Waals surface area contributed by atoms with Gasteiger partial charge in [0.2, 0.25) is 0 Å². The van der Waals surface area contributed by atoms with E-state index in [1.165, 1.54) is 12.3 Å². The molecular formula is C15H14N2O3. The highest BCUT2D eigenvalue weighted by Gasteiger charge is 2.16. The van der Waals surface area contributed by atoms with Gasteiger partial charge in [0.25, 0.3) is 5.91 Å². The predicted molar refractivity (Wildman–Crippen MR) is 75.1 cm³/mol. The van der Waals surface area contributed by atoms with E-state index in [1.54, 1.807) is 6.07 Å². The summed E-state index contributed by atoms with van der Waals surface area (Å²) in [7, 11) is 0. The molecule has 0 fully saturated rings. The second kappa shape index (κ2) is 5.52. The van der Waals surface area contributed by atoms with Crippen LogP contribution < -0.4 is 5.32 Å². The summed E-state index contributed by atoms with van der Waals surface area (Å²) >= 11 is 0. The third kappa shape index (κ3) is 2.66. The zero-order valence-electron chi connectivity index (χ0n) is 11.2. The van der Waals surface area contributed by atoms with Crippen molar-refractivity contribution in [3.05, 3.63) is 58.9 Å². The predicted octanol–water partition coefficient (Wildman–Crippen LogP) is 2.65. The molecule has 1 aromatic carbocycles. The van der Waals surface area contributed by atoms with Crippen molar-refractivity contribution in [2.45, 2.75) is 13.8 Å². The van der Waals surface area contributed by atoms with Crippen LogP contribution >= 0.6 is 0 Å². The summed E-state index contributed by atoms with van der Waals surface area (Å²) in [5.74, 6) is -1.52. The lowest BCUT2D eigenvalue weighted by molar-refractivity contribution is 0.0692. The highest BCUT2D eigenvalue weighted by Crippen LogP contribution is 2.18. The Labute approximate surface area is 116 Å². The van der Waals surface area contributed by atoms with E-state index in [0.717, 1.165) is 11.1 Å². The van der Waals surface area contributed by atoms with Gasteiger partial charge in [0, 0.05) is 11.8 Å². The van der Waals surface area contributed by atoms with E-state index in [1.807, 2.05) is 32.0 Å². The number of aryl methyl sites for hydroxylation is 2. The molecule has 0 atom stereocenters. The van der Waals surface area contributed by atoms with Crippen molar-refractivity contribution in [1.29, 1.82) is 0 Å². The lowest BCUT2D eigenvalue weighted by Gasteiger charge is -2.11. The number of carboxylic acids is 1. The summed E-state index contributed by atoms with van der Waals surface area (Å²) in [6, 6.07) is 8.63. The van der Waals surface area contributed by atoms with Crippen molar-refractivity contribution in [3.63, 3.8) is 0 Å². The van der Waals surface area contributed by atoms with Crippen LogP contribution in [0.1, 0.15) is 32.0 Å². The molecule has 20 heavy (non-hydrogen) atoms. The van der Waals surface area contributed by atoms with Crippen LogP contribution in [0.3, 0.4) is 0 Å². The molecule has 0 radical (unpaired) electrons. The molecule has 0 aliphatic heterocycles. The molecule has 0 spiro atoms. The average Bonchev–Trinajstić information content (AvgIpc) is 2.38. The van der Waals surface area contributed by atoms with Crippen molar-refractivity contribution >= 4 is 17.6 Å². The molecule has 5 heteroatoms. The fraction of sp³-hybridized carbons (Fsp3) is 0.133. The minimum absolute atomic E-state index is 0.174. The third-order valence-corrected chi connectivity index (χ3v) is 2.97. The average molecular weight is 270 g/mol. The van der Waals surface area contributed by atoms with Crippen LogP contribution in [-0.2, 0) is 0 Å². The third-order valence-electron chi connectivity index (χ3n) is 2.97. The van der Waals surface area contributed by atoms with Crippen LogP contribution in [0.25, 0.3) is 0 Å². The summed E-state index contributed by atoms with van der Waals surface area (Å²) in [4.78, 5) is 27.1. The molecule has 1 amide bonds. The van der Waals surface area contributed by atoms with E-state index in [0.29, 0.717) is 5.56 Å². The number of nitrogens with one attached hydrogen (secondary N) is 1. The molecule has 1 aromatic heterocycles. The van der Waals surface area contributed by atoms with E-state index >= 15 is 0 Å². The maximum atomic E-state index is 12.3. The number of aromatic carboxylic acids is 1. The molecule has 0 aliphatic carbocycles. The van der Waals surface area contributed by atoms with Crippen LogP contribution in [-0.4, -0.2) is 22.0 Å². The van der Waals surface area contributed by atoms with Gasteiger partial charge < -0.3 is 10.4 Å². The molecule has 1 heterocycles. The summed E-state index contributed by atoms with van der Waals surface area (Å²) < 4.78 is 0. The molecule has 0 unspecified atom stereocenters. The number of benzene rings is 1. The largest absolute Gasteiger partial charge is 0.476 e. The molecule has 0 saturated heterocycles. The van der Waals surface area contributed by atoms with Gasteiger partial charge in [0.15, 0.2) is 5.69 Å². The van der Waals surface area contributed by atoms with Crippen LogP contribution in [0, 0.1) is 13.8 Å². The number of nitrogens with zero attached hydrogens (tertiary/aromatic N) is 1. The van der Waals surface area contributed by atoms with E-state index in [9.17, 15) is 9.59 Å². The van der Waals surface area contributed by atoms with Gasteiger partial charge in [-0.25, -0.2) is 9.78 Å². The van der Waals surface area contributed by atoms with Gasteiger partial charge in [-0.1, -0.05) is 18.2 Å². The van der Waals surface area contributed by atoms with Gasteiger partial charge in [0.05, 0.1) is 5.69 Å². The van der Waals surface area contributed by atoms with Crippen molar-refractivity contribution in [1.82, 2.24) is 4.98 Å². The van der Waals surface area contributed by atoms with Crippen molar-refractivity contribution in [3.8, 4) is 0 Å². The SMILES string of the molecule is Cc1cccc(C)c1C(=O)Nc1cccnc1C(=O)O. The number of pyridine rings is 1. The summed E-state index contributed by atoms with van der Waals surface area (Å²) in [6.45, 7) is 3.67. The monoisotopic (exact) mass is 270 g/mol. The van der Waals surface area contributed by atoms with Gasteiger partial charge >= 0.3 is 5.97 Å². The Morgan fingerprint density at radius 2 is 1.75 bits per heavy atom. The number of carbonyl (C=O) groups is 2. The van der Waals surface area contributed by atoms with Crippen LogP contribution in [0.15, 0.2) is 36.5 Å². The smallest absolute Gasteiger partial charge is 0.356 e. The van der Waals surface area contributed by atoms with Gasteiger partial charge in [-0.2, -0.15) is 0 Å². The second-order valence-corrected chi connectivity index (χ2v) is 4.43. The minimum Gasteiger partial charge on any atom is -0.476 e. The summed E-state index contributed by atoms with van der Waals surface area (Å²) in [5.41, 5.74) is 2.24. The Kier molecular flexibility index (Phi) is 3.79. The second-order valence-electron chi connectivity index (χ2n) is 4.43. The van der Waals surface area contributed by atoms with Crippen molar-refractivity contribution in [2.24, 2.45) is 0 Å². The molecular weight excluding hydrogens is 256 g/mol. The number of hydrogen-bond acceptors (Lipinski definition) is 3. The molecule has 102 valence electrons. The topological polar surface area (TPSA) is 79.3 Å². The Balaban J connectivity index is 2.36. The lowest BCUT2D eigenvalue weighted by atomic mass is 10.0. The normalized spacial score (nSPS) is 10.1. The number of aromatic nitrogens is 1. The first-order valence-corrected chi connectivity index (χ1v) is 6.06. The Hall–Kier alpha value is -2.69. The quantitative estimate of drug-likeness (QED) is 0.898. The lowest BCUT2D eigenvalue weighted by Crippen LogP contribution is -2.17. The van der Waals surface area contributed by atoms with Crippen molar-refractivity contribution < 1.29 is 14.7 Å².